The topological polar surface area (TPSA) is 78.8 Å². The van der Waals surface area contributed by atoms with Crippen molar-refractivity contribution in [2.75, 3.05) is 0 Å². The zero-order chi connectivity index (χ0) is 15.8. The molecule has 1 atom stereocenters. The quantitative estimate of drug-likeness (QED) is 0.891. The molecule has 21 heavy (non-hydrogen) atoms. The number of rotatable bonds is 4. The number of carbonyl (C=O) groups is 2. The molecule has 0 spiro atoms. The number of aryl methyl sites for hydroxylation is 1. The number of aliphatic imine (C=N–C) groups is 1. The van der Waals surface area contributed by atoms with E-state index in [9.17, 15) is 14.7 Å². The first-order chi connectivity index (χ1) is 9.79. The second-order valence-corrected chi connectivity index (χ2v) is 5.76. The summed E-state index contributed by atoms with van der Waals surface area (Å²) in [6, 6.07) is 5.21. The Morgan fingerprint density at radius 1 is 1.43 bits per heavy atom. The van der Waals surface area contributed by atoms with Crippen molar-refractivity contribution in [2.45, 2.75) is 39.7 Å². The van der Waals surface area contributed by atoms with E-state index < -0.39 is 11.5 Å². The summed E-state index contributed by atoms with van der Waals surface area (Å²) in [6.45, 7) is 7.57. The standard InChI is InChI=1S/C16H20N2O3/c1-5-10-6-7-11(12(8-10)14(19)20)13-17-15(21)16(4,18-13)9(2)3/h6-9H,5H2,1-4H3,(H,19,20)(H,17,18,21). The summed E-state index contributed by atoms with van der Waals surface area (Å²) in [5, 5.41) is 12.1. The summed E-state index contributed by atoms with van der Waals surface area (Å²) in [5.74, 6) is -0.840. The van der Waals surface area contributed by atoms with E-state index in [1.54, 1.807) is 19.1 Å². The van der Waals surface area contributed by atoms with Crippen LogP contribution in [0.4, 0.5) is 0 Å². The summed E-state index contributed by atoms with van der Waals surface area (Å²) in [6.07, 6.45) is 0.753. The number of nitrogens with zero attached hydrogens (tertiary/aromatic N) is 1. The van der Waals surface area contributed by atoms with Crippen LogP contribution < -0.4 is 5.32 Å². The summed E-state index contributed by atoms with van der Waals surface area (Å²) < 4.78 is 0. The van der Waals surface area contributed by atoms with Crippen LogP contribution in [0.15, 0.2) is 23.2 Å². The zero-order valence-electron chi connectivity index (χ0n) is 12.7. The SMILES string of the molecule is CCc1ccc(C2=NC(C)(C(C)C)C(=O)N2)c(C(=O)O)c1. The van der Waals surface area contributed by atoms with E-state index in [0.717, 1.165) is 12.0 Å². The maximum atomic E-state index is 12.2. The van der Waals surface area contributed by atoms with Gasteiger partial charge < -0.3 is 10.4 Å². The van der Waals surface area contributed by atoms with Gasteiger partial charge in [0.2, 0.25) is 0 Å². The Kier molecular flexibility index (Phi) is 3.85. The van der Waals surface area contributed by atoms with Gasteiger partial charge in [-0.1, -0.05) is 32.9 Å². The molecule has 5 nitrogen and oxygen atoms in total. The molecule has 0 aliphatic carbocycles. The van der Waals surface area contributed by atoms with E-state index in [2.05, 4.69) is 10.3 Å². The predicted octanol–water partition coefficient (Wildman–Crippen LogP) is 2.24. The molecule has 1 aromatic carbocycles. The molecule has 0 aromatic heterocycles. The minimum atomic E-state index is -1.02. The number of hydrogen-bond acceptors (Lipinski definition) is 3. The number of nitrogens with one attached hydrogen (secondary N) is 1. The number of aromatic carboxylic acids is 1. The number of hydrogen-bond donors (Lipinski definition) is 2. The third kappa shape index (κ3) is 2.55. The van der Waals surface area contributed by atoms with Crippen molar-refractivity contribution in [3.8, 4) is 0 Å². The van der Waals surface area contributed by atoms with Gasteiger partial charge in [-0.15, -0.1) is 0 Å². The maximum absolute atomic E-state index is 12.2. The van der Waals surface area contributed by atoms with E-state index in [0.29, 0.717) is 11.4 Å². The number of carbonyl (C=O) groups excluding carboxylic acids is 1. The maximum Gasteiger partial charge on any atom is 0.336 e. The molecule has 1 aliphatic rings. The Morgan fingerprint density at radius 3 is 2.57 bits per heavy atom. The van der Waals surface area contributed by atoms with Gasteiger partial charge in [0.1, 0.15) is 11.4 Å². The first kappa shape index (κ1) is 15.2. The lowest BCUT2D eigenvalue weighted by Crippen LogP contribution is -2.41. The molecular formula is C16H20N2O3. The van der Waals surface area contributed by atoms with Gasteiger partial charge in [0, 0.05) is 5.56 Å². The zero-order valence-corrected chi connectivity index (χ0v) is 12.7. The fraction of sp³-hybridized carbons (Fsp3) is 0.438. The third-order valence-electron chi connectivity index (χ3n) is 4.14. The Hall–Kier alpha value is -2.17. The number of carboxylic acid groups (broad SMARTS) is 1. The molecular weight excluding hydrogens is 268 g/mol. The highest BCUT2D eigenvalue weighted by molar-refractivity contribution is 6.18. The van der Waals surface area contributed by atoms with E-state index in [4.69, 9.17) is 0 Å². The minimum Gasteiger partial charge on any atom is -0.478 e. The summed E-state index contributed by atoms with van der Waals surface area (Å²) in [5.41, 5.74) is 0.709. The Labute approximate surface area is 124 Å². The Morgan fingerprint density at radius 2 is 2.10 bits per heavy atom. The highest BCUT2D eigenvalue weighted by atomic mass is 16.4. The fourth-order valence-corrected chi connectivity index (χ4v) is 2.26. The summed E-state index contributed by atoms with van der Waals surface area (Å²) in [7, 11) is 0. The van der Waals surface area contributed by atoms with Gasteiger partial charge in [-0.05, 0) is 30.9 Å². The van der Waals surface area contributed by atoms with Crippen molar-refractivity contribution in [3.05, 3.63) is 34.9 Å². The van der Waals surface area contributed by atoms with Crippen molar-refractivity contribution in [1.29, 1.82) is 0 Å². The monoisotopic (exact) mass is 288 g/mol. The molecule has 0 radical (unpaired) electrons. The largest absolute Gasteiger partial charge is 0.478 e. The van der Waals surface area contributed by atoms with Gasteiger partial charge in [0.05, 0.1) is 5.56 Å². The lowest BCUT2D eigenvalue weighted by molar-refractivity contribution is -0.124. The van der Waals surface area contributed by atoms with Crippen molar-refractivity contribution in [2.24, 2.45) is 10.9 Å². The van der Waals surface area contributed by atoms with Crippen LogP contribution in [0, 0.1) is 5.92 Å². The van der Waals surface area contributed by atoms with Crippen LogP contribution in [0.2, 0.25) is 0 Å². The van der Waals surface area contributed by atoms with E-state index in [1.165, 1.54) is 0 Å². The second-order valence-electron chi connectivity index (χ2n) is 5.76. The van der Waals surface area contributed by atoms with E-state index in [1.807, 2.05) is 26.8 Å². The average molecular weight is 288 g/mol. The van der Waals surface area contributed by atoms with Crippen molar-refractivity contribution in [3.63, 3.8) is 0 Å². The molecule has 112 valence electrons. The molecule has 1 aliphatic heterocycles. The Balaban J connectivity index is 2.53. The smallest absolute Gasteiger partial charge is 0.336 e. The molecule has 1 unspecified atom stereocenters. The number of carboxylic acids is 1. The highest BCUT2D eigenvalue weighted by Gasteiger charge is 2.42. The number of amidine groups is 1. The molecule has 0 bridgehead atoms. The first-order valence-corrected chi connectivity index (χ1v) is 7.07. The molecule has 0 saturated heterocycles. The molecule has 1 amide bonds. The van der Waals surface area contributed by atoms with Gasteiger partial charge in [0.25, 0.3) is 5.91 Å². The van der Waals surface area contributed by atoms with Crippen molar-refractivity contribution >= 4 is 17.7 Å². The molecule has 0 saturated carbocycles. The number of benzene rings is 1. The predicted molar refractivity (Wildman–Crippen MR) is 80.7 cm³/mol. The summed E-state index contributed by atoms with van der Waals surface area (Å²) >= 11 is 0. The highest BCUT2D eigenvalue weighted by Crippen LogP contribution is 2.28. The van der Waals surface area contributed by atoms with Gasteiger partial charge in [-0.3, -0.25) is 9.79 Å². The van der Waals surface area contributed by atoms with Crippen molar-refractivity contribution < 1.29 is 14.7 Å². The van der Waals surface area contributed by atoms with Crippen LogP contribution in [0.25, 0.3) is 0 Å². The molecule has 0 fully saturated rings. The molecule has 2 N–H and O–H groups in total. The van der Waals surface area contributed by atoms with E-state index in [-0.39, 0.29) is 17.4 Å². The number of amides is 1. The molecule has 1 aromatic rings. The lowest BCUT2D eigenvalue weighted by atomic mass is 9.89. The lowest BCUT2D eigenvalue weighted by Gasteiger charge is -2.21. The third-order valence-corrected chi connectivity index (χ3v) is 4.14. The average Bonchev–Trinajstić information content (AvgIpc) is 2.75. The molecule has 1 heterocycles. The van der Waals surface area contributed by atoms with Gasteiger partial charge in [-0.25, -0.2) is 4.79 Å². The van der Waals surface area contributed by atoms with E-state index >= 15 is 0 Å². The van der Waals surface area contributed by atoms with Crippen LogP contribution in [0.5, 0.6) is 0 Å². The van der Waals surface area contributed by atoms with Gasteiger partial charge in [0.15, 0.2) is 0 Å². The minimum absolute atomic E-state index is 0.0261. The van der Waals surface area contributed by atoms with Crippen LogP contribution >= 0.6 is 0 Å². The first-order valence-electron chi connectivity index (χ1n) is 7.07. The van der Waals surface area contributed by atoms with Gasteiger partial charge in [-0.2, -0.15) is 0 Å². The molecule has 5 heteroatoms. The fourth-order valence-electron chi connectivity index (χ4n) is 2.26. The normalized spacial score (nSPS) is 21.4. The molecule has 2 rings (SSSR count). The van der Waals surface area contributed by atoms with Crippen LogP contribution in [-0.4, -0.2) is 28.4 Å². The van der Waals surface area contributed by atoms with Crippen LogP contribution in [-0.2, 0) is 11.2 Å². The van der Waals surface area contributed by atoms with Gasteiger partial charge >= 0.3 is 5.97 Å². The summed E-state index contributed by atoms with van der Waals surface area (Å²) in [4.78, 5) is 28.1. The second kappa shape index (κ2) is 5.31. The van der Waals surface area contributed by atoms with Crippen LogP contribution in [0.3, 0.4) is 0 Å². The van der Waals surface area contributed by atoms with Crippen LogP contribution in [0.1, 0.15) is 49.2 Å². The van der Waals surface area contributed by atoms with Crippen molar-refractivity contribution in [1.82, 2.24) is 5.32 Å². The Bertz CT molecular complexity index is 634.